The van der Waals surface area contributed by atoms with Crippen molar-refractivity contribution in [1.29, 1.82) is 0 Å². The van der Waals surface area contributed by atoms with E-state index in [0.717, 1.165) is 17.1 Å². The summed E-state index contributed by atoms with van der Waals surface area (Å²) in [7, 11) is 0. The van der Waals surface area contributed by atoms with Crippen LogP contribution in [0, 0.1) is 0 Å². The van der Waals surface area contributed by atoms with Crippen molar-refractivity contribution in [2.45, 2.75) is 19.3 Å². The predicted molar refractivity (Wildman–Crippen MR) is 280 cm³/mol. The fourth-order valence-corrected chi connectivity index (χ4v) is 11.3. The molecule has 0 N–H and O–H groups in total. The molecular formula is C65H45N. The van der Waals surface area contributed by atoms with Crippen LogP contribution in [0.3, 0.4) is 0 Å². The van der Waals surface area contributed by atoms with Crippen LogP contribution in [0.1, 0.15) is 25.0 Å². The highest BCUT2D eigenvalue weighted by molar-refractivity contribution is 6.29. The zero-order valence-electron chi connectivity index (χ0n) is 37.0. The molecule has 2 aliphatic carbocycles. The van der Waals surface area contributed by atoms with Gasteiger partial charge in [-0.25, -0.2) is 0 Å². The van der Waals surface area contributed by atoms with Gasteiger partial charge in [-0.3, -0.25) is 0 Å². The minimum absolute atomic E-state index is 0.282. The van der Waals surface area contributed by atoms with Crippen molar-refractivity contribution in [1.82, 2.24) is 0 Å². The molecule has 11 aromatic carbocycles. The van der Waals surface area contributed by atoms with Gasteiger partial charge in [0.05, 0.1) is 0 Å². The van der Waals surface area contributed by atoms with Gasteiger partial charge in [-0.05, 0) is 153 Å². The van der Waals surface area contributed by atoms with Gasteiger partial charge in [0.2, 0.25) is 0 Å². The molecular weight excluding hydrogens is 795 g/mol. The second-order valence-corrected chi connectivity index (χ2v) is 18.4. The van der Waals surface area contributed by atoms with Gasteiger partial charge in [-0.15, -0.1) is 0 Å². The van der Waals surface area contributed by atoms with Crippen LogP contribution < -0.4 is 4.90 Å². The third-order valence-electron chi connectivity index (χ3n) is 14.4. The van der Waals surface area contributed by atoms with Gasteiger partial charge in [0.1, 0.15) is 0 Å². The Kier molecular flexibility index (Phi) is 8.63. The van der Waals surface area contributed by atoms with Gasteiger partial charge in [-0.2, -0.15) is 0 Å². The summed E-state index contributed by atoms with van der Waals surface area (Å²) in [6, 6.07) is 87.3. The summed E-state index contributed by atoms with van der Waals surface area (Å²) in [5.41, 5.74) is 23.7. The topological polar surface area (TPSA) is 3.24 Å². The zero-order valence-corrected chi connectivity index (χ0v) is 37.0. The second kappa shape index (κ2) is 14.9. The largest absolute Gasteiger partial charge is 0.310 e. The first-order valence-corrected chi connectivity index (χ1v) is 23.1. The molecule has 0 fully saturated rings. The van der Waals surface area contributed by atoms with Crippen LogP contribution >= 0.6 is 0 Å². The van der Waals surface area contributed by atoms with Gasteiger partial charge in [-0.1, -0.05) is 208 Å². The smallest absolute Gasteiger partial charge is 0.0465 e. The normalized spacial score (nSPS) is 12.8. The molecule has 0 bridgehead atoms. The Morgan fingerprint density at radius 2 is 0.697 bits per heavy atom. The lowest BCUT2D eigenvalue weighted by atomic mass is 9.79. The highest BCUT2D eigenvalue weighted by Gasteiger charge is 2.40. The van der Waals surface area contributed by atoms with Gasteiger partial charge in [0, 0.05) is 22.5 Å². The Labute approximate surface area is 386 Å². The van der Waals surface area contributed by atoms with E-state index in [0.29, 0.717) is 0 Å². The first-order chi connectivity index (χ1) is 32.5. The SMILES string of the molecule is CC1(C)c2cc(N(c3ccc(-c4ccccc4)cc3)c3ccc(-c4ccccc4)cc3)ccc2-c2c1cc1c3c(cccc23)-c2c-1c(-c1ccccc1)c1ccccc1c2-c1ccccc1. The molecule has 0 unspecified atom stereocenters. The predicted octanol–water partition coefficient (Wildman–Crippen LogP) is 18.1. The van der Waals surface area contributed by atoms with E-state index < -0.39 is 0 Å². The summed E-state index contributed by atoms with van der Waals surface area (Å²) in [5.74, 6) is 0. The lowest BCUT2D eigenvalue weighted by Crippen LogP contribution is -2.16. The molecule has 0 spiro atoms. The first-order valence-electron chi connectivity index (χ1n) is 23.1. The standard InChI is InChI=1S/C65H45N/c1-65(2)57-40-50(66(48-34-30-44(31-35-48)42-18-7-3-8-19-42)49-36-32-45(33-37-49)43-20-9-4-10-21-43)38-39-53(57)62-54-28-17-29-55-61(54)56(41-58(62)65)64-60(47-24-13-6-14-25-47)52-27-16-15-26-51(52)59(63(55)64)46-22-11-5-12-23-46/h3-41H,1-2H3. The Hall–Kier alpha value is -8.26. The van der Waals surface area contributed by atoms with E-state index in [1.807, 2.05) is 0 Å². The fourth-order valence-electron chi connectivity index (χ4n) is 11.3. The molecule has 2 aliphatic rings. The molecule has 1 heteroatoms. The average molecular weight is 840 g/mol. The third-order valence-corrected chi connectivity index (χ3v) is 14.4. The van der Waals surface area contributed by atoms with Crippen LogP contribution in [0.2, 0.25) is 0 Å². The Morgan fingerprint density at radius 3 is 1.21 bits per heavy atom. The van der Waals surface area contributed by atoms with Crippen molar-refractivity contribution in [3.63, 3.8) is 0 Å². The van der Waals surface area contributed by atoms with Crippen molar-refractivity contribution in [2.24, 2.45) is 0 Å². The van der Waals surface area contributed by atoms with E-state index in [1.165, 1.54) is 111 Å². The number of hydrogen-bond donors (Lipinski definition) is 0. The van der Waals surface area contributed by atoms with E-state index in [4.69, 9.17) is 0 Å². The van der Waals surface area contributed by atoms with E-state index in [2.05, 4.69) is 255 Å². The molecule has 0 radical (unpaired) electrons. The minimum Gasteiger partial charge on any atom is -0.310 e. The number of anilines is 3. The maximum Gasteiger partial charge on any atom is 0.0465 e. The van der Waals surface area contributed by atoms with Gasteiger partial charge >= 0.3 is 0 Å². The van der Waals surface area contributed by atoms with Crippen molar-refractivity contribution >= 4 is 38.6 Å². The molecule has 11 aromatic rings. The summed E-state index contributed by atoms with van der Waals surface area (Å²) in [4.78, 5) is 2.42. The van der Waals surface area contributed by atoms with E-state index in [-0.39, 0.29) is 5.41 Å². The van der Waals surface area contributed by atoms with Crippen LogP contribution in [-0.2, 0) is 5.41 Å². The molecule has 0 heterocycles. The van der Waals surface area contributed by atoms with Crippen molar-refractivity contribution < 1.29 is 0 Å². The van der Waals surface area contributed by atoms with E-state index >= 15 is 0 Å². The zero-order chi connectivity index (χ0) is 43.9. The highest BCUT2D eigenvalue weighted by atomic mass is 15.1. The second-order valence-electron chi connectivity index (χ2n) is 18.4. The molecule has 0 aliphatic heterocycles. The van der Waals surface area contributed by atoms with E-state index in [9.17, 15) is 0 Å². The summed E-state index contributed by atoms with van der Waals surface area (Å²) in [6.07, 6.45) is 0. The Balaban J connectivity index is 1.01. The highest BCUT2D eigenvalue weighted by Crippen LogP contribution is 2.62. The molecule has 0 saturated heterocycles. The molecule has 0 aromatic heterocycles. The number of rotatable bonds is 7. The summed E-state index contributed by atoms with van der Waals surface area (Å²) in [5, 5.41) is 5.24. The van der Waals surface area contributed by atoms with Crippen LogP contribution in [0.5, 0.6) is 0 Å². The number of nitrogens with zero attached hydrogens (tertiary/aromatic N) is 1. The minimum atomic E-state index is -0.282. The maximum absolute atomic E-state index is 2.57. The number of benzene rings is 11. The Morgan fingerprint density at radius 1 is 0.273 bits per heavy atom. The summed E-state index contributed by atoms with van der Waals surface area (Å²) in [6.45, 7) is 4.86. The quantitative estimate of drug-likeness (QED) is 0.155. The lowest BCUT2D eigenvalue weighted by molar-refractivity contribution is 0.661. The molecule has 0 amide bonds. The van der Waals surface area contributed by atoms with Gasteiger partial charge in [0.25, 0.3) is 0 Å². The molecule has 1 nitrogen and oxygen atoms in total. The third kappa shape index (κ3) is 5.80. The van der Waals surface area contributed by atoms with Crippen LogP contribution in [0.4, 0.5) is 17.1 Å². The van der Waals surface area contributed by atoms with E-state index in [1.54, 1.807) is 0 Å². The molecule has 66 heavy (non-hydrogen) atoms. The van der Waals surface area contributed by atoms with Crippen LogP contribution in [0.15, 0.2) is 237 Å². The fraction of sp³-hybridized carbons (Fsp3) is 0.0462. The molecule has 13 rings (SSSR count). The summed E-state index contributed by atoms with van der Waals surface area (Å²) >= 11 is 0. The van der Waals surface area contributed by atoms with Crippen LogP contribution in [-0.4, -0.2) is 0 Å². The average Bonchev–Trinajstić information content (AvgIpc) is 3.82. The van der Waals surface area contributed by atoms with Crippen LogP contribution in [0.25, 0.3) is 99.4 Å². The number of fused-ring (bicyclic) bond motifs is 8. The molecule has 0 atom stereocenters. The van der Waals surface area contributed by atoms with Crippen molar-refractivity contribution in [3.05, 3.63) is 248 Å². The van der Waals surface area contributed by atoms with Gasteiger partial charge < -0.3 is 4.90 Å². The molecule has 310 valence electrons. The summed E-state index contributed by atoms with van der Waals surface area (Å²) < 4.78 is 0. The van der Waals surface area contributed by atoms with Crippen molar-refractivity contribution in [2.75, 3.05) is 4.90 Å². The number of hydrogen-bond acceptors (Lipinski definition) is 1. The van der Waals surface area contributed by atoms with Crippen molar-refractivity contribution in [3.8, 4) is 77.9 Å². The Bertz CT molecular complexity index is 3580. The molecule has 0 saturated carbocycles. The first kappa shape index (κ1) is 38.2. The maximum atomic E-state index is 2.57. The lowest BCUT2D eigenvalue weighted by Gasteiger charge is -2.28. The monoisotopic (exact) mass is 839 g/mol. The van der Waals surface area contributed by atoms with Gasteiger partial charge in [0.15, 0.2) is 0 Å².